The monoisotopic (exact) mass is 310 g/mol. The summed E-state index contributed by atoms with van der Waals surface area (Å²) in [4.78, 5) is 32.9. The average Bonchev–Trinajstić information content (AvgIpc) is 2.58. The minimum absolute atomic E-state index is 0.217. The van der Waals surface area contributed by atoms with Crippen LogP contribution in [0.2, 0.25) is 0 Å². The third-order valence-corrected chi connectivity index (χ3v) is 3.18. The standard InChI is InChI=1S/C16H14N4O3/c1-2-23-15-12(7-5-9-17-15)14(21)19-20-10-18-13-8-4-3-6-11(13)16(20)22/h3-10H,2H2,1H3,(H,19,21). The summed E-state index contributed by atoms with van der Waals surface area (Å²) in [5.41, 5.74) is 2.96. The molecule has 0 bridgehead atoms. The lowest BCUT2D eigenvalue weighted by molar-refractivity contribution is 0.100. The Bertz CT molecular complexity index is 920. The van der Waals surface area contributed by atoms with Crippen LogP contribution in [0.15, 0.2) is 53.7 Å². The number of amides is 1. The summed E-state index contributed by atoms with van der Waals surface area (Å²) in [5, 5.41) is 0.423. The molecule has 0 fully saturated rings. The van der Waals surface area contributed by atoms with E-state index in [1.54, 1.807) is 43.3 Å². The number of carbonyl (C=O) groups excluding carboxylic acids is 1. The molecular weight excluding hydrogens is 296 g/mol. The quantitative estimate of drug-likeness (QED) is 0.790. The van der Waals surface area contributed by atoms with Gasteiger partial charge in [0.15, 0.2) is 0 Å². The fraction of sp³-hybridized carbons (Fsp3) is 0.125. The van der Waals surface area contributed by atoms with Gasteiger partial charge in [-0.25, -0.2) is 14.6 Å². The van der Waals surface area contributed by atoms with E-state index in [-0.39, 0.29) is 17.0 Å². The van der Waals surface area contributed by atoms with Gasteiger partial charge in [-0.2, -0.15) is 0 Å². The maximum atomic E-state index is 12.4. The first-order valence-corrected chi connectivity index (χ1v) is 7.06. The molecule has 0 unspecified atom stereocenters. The number of nitrogens with one attached hydrogen (secondary N) is 1. The molecule has 7 heteroatoms. The first-order chi connectivity index (χ1) is 11.2. The second-order valence-corrected chi connectivity index (χ2v) is 4.67. The Hall–Kier alpha value is -3.22. The van der Waals surface area contributed by atoms with Crippen LogP contribution in [0, 0.1) is 0 Å². The van der Waals surface area contributed by atoms with E-state index in [1.807, 2.05) is 0 Å². The molecule has 3 rings (SSSR count). The molecule has 23 heavy (non-hydrogen) atoms. The number of benzene rings is 1. The minimum atomic E-state index is -0.499. The lowest BCUT2D eigenvalue weighted by Crippen LogP contribution is -2.33. The van der Waals surface area contributed by atoms with E-state index in [0.29, 0.717) is 17.5 Å². The summed E-state index contributed by atoms with van der Waals surface area (Å²) in [5.74, 6) is -0.282. The largest absolute Gasteiger partial charge is 0.477 e. The number of hydrogen-bond donors (Lipinski definition) is 1. The molecule has 0 aliphatic heterocycles. The molecule has 0 saturated heterocycles. The molecule has 0 atom stereocenters. The number of rotatable bonds is 4. The molecule has 0 spiro atoms. The number of fused-ring (bicyclic) bond motifs is 1. The smallest absolute Gasteiger partial charge is 0.280 e. The Morgan fingerprint density at radius 2 is 2.04 bits per heavy atom. The molecule has 3 aromatic rings. The molecule has 0 saturated carbocycles. The van der Waals surface area contributed by atoms with E-state index in [9.17, 15) is 9.59 Å². The second kappa shape index (κ2) is 6.27. The van der Waals surface area contributed by atoms with Crippen molar-refractivity contribution in [1.29, 1.82) is 0 Å². The summed E-state index contributed by atoms with van der Waals surface area (Å²) in [7, 11) is 0. The first-order valence-electron chi connectivity index (χ1n) is 7.06. The lowest BCUT2D eigenvalue weighted by atomic mass is 10.2. The maximum absolute atomic E-state index is 12.4. The normalized spacial score (nSPS) is 10.5. The van der Waals surface area contributed by atoms with Crippen molar-refractivity contribution in [2.75, 3.05) is 12.0 Å². The van der Waals surface area contributed by atoms with Gasteiger partial charge in [0.1, 0.15) is 11.9 Å². The van der Waals surface area contributed by atoms with Gasteiger partial charge in [0.25, 0.3) is 11.5 Å². The number of ether oxygens (including phenoxy) is 1. The Kier molecular flexibility index (Phi) is 4.01. The third kappa shape index (κ3) is 2.89. The van der Waals surface area contributed by atoms with Crippen molar-refractivity contribution in [3.05, 3.63) is 64.8 Å². The van der Waals surface area contributed by atoms with Gasteiger partial charge in [-0.1, -0.05) is 12.1 Å². The number of para-hydroxylation sites is 1. The van der Waals surface area contributed by atoms with Gasteiger partial charge >= 0.3 is 0 Å². The zero-order chi connectivity index (χ0) is 16.2. The molecule has 1 N–H and O–H groups in total. The summed E-state index contributed by atoms with van der Waals surface area (Å²) < 4.78 is 6.37. The molecule has 116 valence electrons. The fourth-order valence-corrected chi connectivity index (χ4v) is 2.13. The Balaban J connectivity index is 1.95. The topological polar surface area (TPSA) is 86.1 Å². The average molecular weight is 310 g/mol. The molecule has 0 aliphatic rings. The highest BCUT2D eigenvalue weighted by atomic mass is 16.5. The van der Waals surface area contributed by atoms with Crippen LogP contribution in [0.3, 0.4) is 0 Å². The zero-order valence-corrected chi connectivity index (χ0v) is 12.4. The number of pyridine rings is 1. The van der Waals surface area contributed by atoms with Crippen molar-refractivity contribution >= 4 is 16.8 Å². The predicted molar refractivity (Wildman–Crippen MR) is 85.1 cm³/mol. The summed E-state index contributed by atoms with van der Waals surface area (Å²) in [6, 6.07) is 10.1. The van der Waals surface area contributed by atoms with Crippen LogP contribution in [-0.2, 0) is 0 Å². The third-order valence-electron chi connectivity index (χ3n) is 3.18. The number of aromatic nitrogens is 3. The van der Waals surface area contributed by atoms with E-state index in [4.69, 9.17) is 4.74 Å². The Morgan fingerprint density at radius 3 is 2.87 bits per heavy atom. The van der Waals surface area contributed by atoms with Crippen molar-refractivity contribution in [2.45, 2.75) is 6.92 Å². The van der Waals surface area contributed by atoms with E-state index in [2.05, 4.69) is 15.4 Å². The molecule has 0 aliphatic carbocycles. The highest BCUT2D eigenvalue weighted by Crippen LogP contribution is 2.14. The van der Waals surface area contributed by atoms with Crippen molar-refractivity contribution < 1.29 is 9.53 Å². The summed E-state index contributed by atoms with van der Waals surface area (Å²) in [6.07, 6.45) is 2.81. The van der Waals surface area contributed by atoms with Crippen molar-refractivity contribution in [1.82, 2.24) is 14.6 Å². The van der Waals surface area contributed by atoms with Crippen molar-refractivity contribution in [2.24, 2.45) is 0 Å². The highest BCUT2D eigenvalue weighted by molar-refractivity contribution is 6.01. The van der Waals surface area contributed by atoms with E-state index < -0.39 is 5.91 Å². The molecule has 2 heterocycles. The lowest BCUT2D eigenvalue weighted by Gasteiger charge is -2.11. The van der Waals surface area contributed by atoms with Crippen LogP contribution >= 0.6 is 0 Å². The maximum Gasteiger partial charge on any atom is 0.280 e. The molecule has 0 radical (unpaired) electrons. The molecule has 2 aromatic heterocycles. The Labute approximate surface area is 131 Å². The second-order valence-electron chi connectivity index (χ2n) is 4.67. The fourth-order valence-electron chi connectivity index (χ4n) is 2.13. The van der Waals surface area contributed by atoms with Gasteiger partial charge in [-0.15, -0.1) is 0 Å². The summed E-state index contributed by atoms with van der Waals surface area (Å²) >= 11 is 0. The minimum Gasteiger partial charge on any atom is -0.477 e. The van der Waals surface area contributed by atoms with E-state index in [0.717, 1.165) is 4.68 Å². The van der Waals surface area contributed by atoms with Gasteiger partial charge in [0, 0.05) is 6.20 Å². The van der Waals surface area contributed by atoms with Crippen LogP contribution in [0.25, 0.3) is 10.9 Å². The zero-order valence-electron chi connectivity index (χ0n) is 12.4. The van der Waals surface area contributed by atoms with Crippen LogP contribution in [-0.4, -0.2) is 27.2 Å². The number of carbonyl (C=O) groups is 1. The van der Waals surface area contributed by atoms with Gasteiger partial charge in [-0.3, -0.25) is 15.0 Å². The van der Waals surface area contributed by atoms with Crippen molar-refractivity contribution in [3.63, 3.8) is 0 Å². The van der Waals surface area contributed by atoms with Gasteiger partial charge in [-0.05, 0) is 31.2 Å². The van der Waals surface area contributed by atoms with Gasteiger partial charge < -0.3 is 4.74 Å². The van der Waals surface area contributed by atoms with Crippen LogP contribution in [0.4, 0.5) is 0 Å². The molecule has 1 amide bonds. The highest BCUT2D eigenvalue weighted by Gasteiger charge is 2.14. The van der Waals surface area contributed by atoms with Crippen LogP contribution < -0.4 is 15.7 Å². The van der Waals surface area contributed by atoms with Crippen LogP contribution in [0.5, 0.6) is 5.88 Å². The van der Waals surface area contributed by atoms with Gasteiger partial charge in [0.05, 0.1) is 17.5 Å². The SMILES string of the molecule is CCOc1ncccc1C(=O)Nn1cnc2ccccc2c1=O. The molecule has 7 nitrogen and oxygen atoms in total. The van der Waals surface area contributed by atoms with E-state index >= 15 is 0 Å². The van der Waals surface area contributed by atoms with Crippen molar-refractivity contribution in [3.8, 4) is 5.88 Å². The molecular formula is C16H14N4O3. The van der Waals surface area contributed by atoms with E-state index in [1.165, 1.54) is 12.5 Å². The number of nitrogens with zero attached hydrogens (tertiary/aromatic N) is 3. The summed E-state index contributed by atoms with van der Waals surface area (Å²) in [6.45, 7) is 2.18. The molecule has 1 aromatic carbocycles. The van der Waals surface area contributed by atoms with Crippen LogP contribution in [0.1, 0.15) is 17.3 Å². The van der Waals surface area contributed by atoms with Gasteiger partial charge in [0.2, 0.25) is 5.88 Å². The predicted octanol–water partition coefficient (Wildman–Crippen LogP) is 1.57. The Morgan fingerprint density at radius 1 is 1.22 bits per heavy atom. The number of hydrogen-bond acceptors (Lipinski definition) is 5. The first kappa shape index (κ1) is 14.7.